The van der Waals surface area contributed by atoms with Gasteiger partial charge >= 0.3 is 0 Å². The first-order chi connectivity index (χ1) is 6.61. The molecule has 1 heterocycles. The minimum atomic E-state index is -0.828. The summed E-state index contributed by atoms with van der Waals surface area (Å²) in [4.78, 5) is 0. The Bertz CT molecular complexity index is 350. The first kappa shape index (κ1) is 9.43. The molecule has 0 aromatic heterocycles. The molecule has 1 aliphatic heterocycles. The van der Waals surface area contributed by atoms with Gasteiger partial charge in [0.1, 0.15) is 0 Å². The molecule has 1 saturated heterocycles. The normalized spacial score (nSPS) is 19.0. The zero-order valence-corrected chi connectivity index (χ0v) is 7.63. The molecule has 0 spiro atoms. The molecule has 4 heteroatoms. The van der Waals surface area contributed by atoms with Gasteiger partial charge in [0.15, 0.2) is 11.6 Å². The molecule has 3 nitrogen and oxygen atoms in total. The van der Waals surface area contributed by atoms with Crippen LogP contribution in [-0.4, -0.2) is 28.9 Å². The largest absolute Gasteiger partial charge is 0.505 e. The number of halogens is 1. The van der Waals surface area contributed by atoms with E-state index in [1.165, 1.54) is 12.1 Å². The van der Waals surface area contributed by atoms with Crippen molar-refractivity contribution in [2.24, 2.45) is 0 Å². The van der Waals surface area contributed by atoms with Gasteiger partial charge in [0.05, 0.1) is 5.60 Å². The molecule has 1 aromatic carbocycles. The third kappa shape index (κ3) is 1.58. The number of benzene rings is 1. The smallest absolute Gasteiger partial charge is 0.165 e. The Morgan fingerprint density at radius 1 is 1.43 bits per heavy atom. The topological polar surface area (TPSA) is 52.5 Å². The van der Waals surface area contributed by atoms with E-state index in [9.17, 15) is 14.6 Å². The van der Waals surface area contributed by atoms with E-state index in [-0.39, 0.29) is 12.2 Å². The van der Waals surface area contributed by atoms with E-state index in [0.29, 0.717) is 18.7 Å². The van der Waals surface area contributed by atoms with Crippen molar-refractivity contribution in [1.82, 2.24) is 5.32 Å². The van der Waals surface area contributed by atoms with E-state index in [1.807, 2.05) is 0 Å². The van der Waals surface area contributed by atoms with Crippen molar-refractivity contribution < 1.29 is 14.6 Å². The Hall–Kier alpha value is -1.13. The van der Waals surface area contributed by atoms with E-state index >= 15 is 0 Å². The molecule has 14 heavy (non-hydrogen) atoms. The Kier molecular flexibility index (Phi) is 2.17. The second-order valence-corrected chi connectivity index (χ2v) is 3.75. The predicted octanol–water partition coefficient (Wildman–Crippen LogP) is 0.408. The van der Waals surface area contributed by atoms with Crippen LogP contribution in [-0.2, 0) is 6.42 Å². The van der Waals surface area contributed by atoms with Gasteiger partial charge in [-0.05, 0) is 11.6 Å². The van der Waals surface area contributed by atoms with Gasteiger partial charge in [-0.2, -0.15) is 0 Å². The summed E-state index contributed by atoms with van der Waals surface area (Å²) in [6, 6.07) is 4.34. The predicted molar refractivity (Wildman–Crippen MR) is 49.6 cm³/mol. The van der Waals surface area contributed by atoms with Gasteiger partial charge in [-0.3, -0.25) is 0 Å². The van der Waals surface area contributed by atoms with Crippen molar-refractivity contribution in [2.45, 2.75) is 12.0 Å². The second-order valence-electron chi connectivity index (χ2n) is 3.75. The highest BCUT2D eigenvalue weighted by Gasteiger charge is 2.35. The molecule has 0 unspecified atom stereocenters. The van der Waals surface area contributed by atoms with Gasteiger partial charge in [0.2, 0.25) is 0 Å². The van der Waals surface area contributed by atoms with Crippen LogP contribution in [0.5, 0.6) is 5.75 Å². The number of nitrogens with one attached hydrogen (secondary N) is 1. The van der Waals surface area contributed by atoms with E-state index in [1.54, 1.807) is 6.07 Å². The summed E-state index contributed by atoms with van der Waals surface area (Å²) >= 11 is 0. The number of β-amino-alcohol motifs (C(OH)–C–C–N with tert-alkyl or cyclic N) is 1. The maximum Gasteiger partial charge on any atom is 0.165 e. The van der Waals surface area contributed by atoms with Gasteiger partial charge in [-0.1, -0.05) is 12.1 Å². The van der Waals surface area contributed by atoms with Gasteiger partial charge in [-0.25, -0.2) is 4.39 Å². The lowest BCUT2D eigenvalue weighted by molar-refractivity contribution is -0.00951. The molecule has 1 aliphatic rings. The summed E-state index contributed by atoms with van der Waals surface area (Å²) in [7, 11) is 0. The molecule has 0 aliphatic carbocycles. The number of hydrogen-bond acceptors (Lipinski definition) is 3. The number of hydrogen-bond donors (Lipinski definition) is 3. The van der Waals surface area contributed by atoms with Gasteiger partial charge < -0.3 is 15.5 Å². The maximum absolute atomic E-state index is 12.9. The van der Waals surface area contributed by atoms with Crippen LogP contribution in [0, 0.1) is 5.82 Å². The number of para-hydroxylation sites is 1. The van der Waals surface area contributed by atoms with Crippen LogP contribution in [0.4, 0.5) is 4.39 Å². The van der Waals surface area contributed by atoms with Crippen LogP contribution < -0.4 is 5.32 Å². The van der Waals surface area contributed by atoms with Crippen LogP contribution in [0.15, 0.2) is 18.2 Å². The molecule has 0 saturated carbocycles. The fraction of sp³-hybridized carbons (Fsp3) is 0.400. The zero-order valence-electron chi connectivity index (χ0n) is 7.63. The second kappa shape index (κ2) is 3.22. The summed E-state index contributed by atoms with van der Waals surface area (Å²) in [6.45, 7) is 0.978. The van der Waals surface area contributed by atoms with Crippen LogP contribution in [0.25, 0.3) is 0 Å². The molecule has 0 atom stereocenters. The van der Waals surface area contributed by atoms with Crippen molar-refractivity contribution in [3.63, 3.8) is 0 Å². The van der Waals surface area contributed by atoms with Crippen LogP contribution in [0.3, 0.4) is 0 Å². The highest BCUT2D eigenvalue weighted by atomic mass is 19.1. The highest BCUT2D eigenvalue weighted by molar-refractivity contribution is 5.35. The number of phenols is 1. The van der Waals surface area contributed by atoms with Crippen molar-refractivity contribution >= 4 is 0 Å². The number of rotatable bonds is 2. The fourth-order valence-electron chi connectivity index (χ4n) is 1.60. The fourth-order valence-corrected chi connectivity index (χ4v) is 1.60. The average molecular weight is 197 g/mol. The molecule has 1 aromatic rings. The third-order valence-corrected chi connectivity index (χ3v) is 2.50. The summed E-state index contributed by atoms with van der Waals surface area (Å²) < 4.78 is 12.9. The first-order valence-electron chi connectivity index (χ1n) is 4.50. The molecular formula is C10H12FNO2. The number of aliphatic hydroxyl groups is 1. The molecular weight excluding hydrogens is 185 g/mol. The summed E-state index contributed by atoms with van der Waals surface area (Å²) in [5.41, 5.74) is -0.375. The molecule has 2 rings (SSSR count). The average Bonchev–Trinajstić information content (AvgIpc) is 2.10. The molecule has 0 radical (unpaired) electrons. The van der Waals surface area contributed by atoms with Crippen molar-refractivity contribution in [1.29, 1.82) is 0 Å². The summed E-state index contributed by atoms with van der Waals surface area (Å²) in [6.07, 6.45) is 0.281. The standard InChI is InChI=1S/C10H12FNO2/c11-8-3-1-2-7(9(8)13)4-10(14)5-12-6-10/h1-3,12-14H,4-6H2. The maximum atomic E-state index is 12.9. The Balaban J connectivity index is 2.20. The monoisotopic (exact) mass is 197 g/mol. The summed E-state index contributed by atoms with van der Waals surface area (Å²) in [5, 5.41) is 22.1. The van der Waals surface area contributed by atoms with E-state index in [2.05, 4.69) is 5.32 Å². The Morgan fingerprint density at radius 2 is 2.14 bits per heavy atom. The minimum Gasteiger partial charge on any atom is -0.505 e. The van der Waals surface area contributed by atoms with Gasteiger partial charge in [0.25, 0.3) is 0 Å². The first-order valence-corrected chi connectivity index (χ1v) is 4.50. The van der Waals surface area contributed by atoms with Crippen LogP contribution in [0.1, 0.15) is 5.56 Å². The molecule has 1 fully saturated rings. The number of phenolic OH excluding ortho intramolecular Hbond substituents is 1. The van der Waals surface area contributed by atoms with Crippen molar-refractivity contribution in [2.75, 3.05) is 13.1 Å². The molecule has 0 amide bonds. The third-order valence-electron chi connectivity index (χ3n) is 2.50. The summed E-state index contributed by atoms with van der Waals surface area (Å²) in [5.74, 6) is -0.994. The number of aromatic hydroxyl groups is 1. The zero-order chi connectivity index (χ0) is 10.2. The van der Waals surface area contributed by atoms with E-state index in [0.717, 1.165) is 0 Å². The van der Waals surface area contributed by atoms with Gasteiger partial charge in [0, 0.05) is 19.5 Å². The van der Waals surface area contributed by atoms with Crippen molar-refractivity contribution in [3.05, 3.63) is 29.6 Å². The van der Waals surface area contributed by atoms with Crippen LogP contribution >= 0.6 is 0 Å². The minimum absolute atomic E-state index is 0.281. The van der Waals surface area contributed by atoms with Crippen molar-refractivity contribution in [3.8, 4) is 5.75 Å². The molecule has 3 N–H and O–H groups in total. The van der Waals surface area contributed by atoms with Crippen LogP contribution in [0.2, 0.25) is 0 Å². The SMILES string of the molecule is Oc1c(F)cccc1CC1(O)CNC1. The quantitative estimate of drug-likeness (QED) is 0.643. The lowest BCUT2D eigenvalue weighted by Gasteiger charge is -2.37. The Morgan fingerprint density at radius 3 is 2.71 bits per heavy atom. The highest BCUT2D eigenvalue weighted by Crippen LogP contribution is 2.26. The lowest BCUT2D eigenvalue weighted by atomic mass is 9.89. The lowest BCUT2D eigenvalue weighted by Crippen LogP contribution is -2.60. The van der Waals surface area contributed by atoms with Gasteiger partial charge in [-0.15, -0.1) is 0 Å². The van der Waals surface area contributed by atoms with E-state index in [4.69, 9.17) is 0 Å². The van der Waals surface area contributed by atoms with E-state index < -0.39 is 11.4 Å². The Labute approximate surface area is 81.2 Å². The molecule has 76 valence electrons. The molecule has 0 bridgehead atoms.